The van der Waals surface area contributed by atoms with Gasteiger partial charge in [-0.15, -0.1) is 0 Å². The number of carbonyl (C=O) groups is 1. The van der Waals surface area contributed by atoms with Crippen molar-refractivity contribution in [3.63, 3.8) is 0 Å². The fourth-order valence-corrected chi connectivity index (χ4v) is 1.92. The topological polar surface area (TPSA) is 73.1 Å². The van der Waals surface area contributed by atoms with Crippen LogP contribution in [0.4, 0.5) is 5.69 Å². The van der Waals surface area contributed by atoms with Crippen molar-refractivity contribution < 1.29 is 9.72 Å². The highest BCUT2D eigenvalue weighted by atomic mass is 16.6. The van der Waals surface area contributed by atoms with Crippen molar-refractivity contribution in [1.29, 1.82) is 0 Å². The van der Waals surface area contributed by atoms with Gasteiger partial charge in [-0.1, -0.05) is 19.1 Å². The number of ketones is 1. The smallest absolute Gasteiger partial charge is 0.295 e. The van der Waals surface area contributed by atoms with E-state index < -0.39 is 4.92 Å². The summed E-state index contributed by atoms with van der Waals surface area (Å²) in [5.41, 5.74) is 1.06. The van der Waals surface area contributed by atoms with E-state index in [1.165, 1.54) is 19.2 Å². The Balaban J connectivity index is 2.76. The molecule has 1 unspecified atom stereocenters. The van der Waals surface area contributed by atoms with Gasteiger partial charge in [0.1, 0.15) is 11.3 Å². The van der Waals surface area contributed by atoms with Gasteiger partial charge in [0.2, 0.25) is 0 Å². The summed E-state index contributed by atoms with van der Waals surface area (Å²) in [7, 11) is 0. The number of fused-ring (bicyclic) bond motifs is 1. The van der Waals surface area contributed by atoms with E-state index in [-0.39, 0.29) is 17.4 Å². The average Bonchev–Trinajstić information content (AvgIpc) is 2.36. The third-order valence-corrected chi connectivity index (χ3v) is 3.06. The van der Waals surface area contributed by atoms with Gasteiger partial charge >= 0.3 is 0 Å². The van der Waals surface area contributed by atoms with Crippen LogP contribution in [-0.4, -0.2) is 15.7 Å². The molecule has 0 saturated carbocycles. The first kappa shape index (κ1) is 12.2. The molecule has 18 heavy (non-hydrogen) atoms. The van der Waals surface area contributed by atoms with E-state index in [0.717, 1.165) is 5.56 Å². The monoisotopic (exact) mass is 244 g/mol. The molecular formula is C13H12N2O3. The summed E-state index contributed by atoms with van der Waals surface area (Å²) < 4.78 is 0. The molecule has 0 N–H and O–H groups in total. The van der Waals surface area contributed by atoms with Gasteiger partial charge in [-0.05, 0) is 18.6 Å². The molecule has 1 heterocycles. The van der Waals surface area contributed by atoms with Crippen molar-refractivity contribution >= 4 is 22.4 Å². The molecule has 0 radical (unpaired) electrons. The van der Waals surface area contributed by atoms with Crippen LogP contribution < -0.4 is 0 Å². The summed E-state index contributed by atoms with van der Waals surface area (Å²) in [5, 5.41) is 11.6. The highest BCUT2D eigenvalue weighted by Gasteiger charge is 2.19. The Hall–Kier alpha value is -2.30. The van der Waals surface area contributed by atoms with Crippen LogP contribution in [0.5, 0.6) is 0 Å². The van der Waals surface area contributed by atoms with Crippen LogP contribution in [0.1, 0.15) is 25.3 Å². The molecule has 0 aliphatic heterocycles. The van der Waals surface area contributed by atoms with Crippen LogP contribution in [0, 0.1) is 10.1 Å². The standard InChI is InChI=1S/C13H12N2O3/c1-8(9(2)16)10-5-6-12(15(17)18)13-11(10)4-3-7-14-13/h3-8H,1-2H3. The number of pyridine rings is 1. The summed E-state index contributed by atoms with van der Waals surface area (Å²) >= 11 is 0. The van der Waals surface area contributed by atoms with Gasteiger partial charge in [0.15, 0.2) is 0 Å². The molecule has 0 amide bonds. The first-order valence-corrected chi connectivity index (χ1v) is 5.55. The molecule has 0 saturated heterocycles. The molecule has 1 aromatic heterocycles. The molecule has 0 bridgehead atoms. The molecule has 0 spiro atoms. The van der Waals surface area contributed by atoms with Crippen molar-refractivity contribution in [3.8, 4) is 0 Å². The first-order chi connectivity index (χ1) is 8.52. The summed E-state index contributed by atoms with van der Waals surface area (Å²) in [6.45, 7) is 3.30. The molecule has 2 rings (SSSR count). The van der Waals surface area contributed by atoms with Crippen LogP contribution in [-0.2, 0) is 4.79 Å². The SMILES string of the molecule is CC(=O)C(C)c1ccc([N+](=O)[O-])c2ncccc12. The lowest BCUT2D eigenvalue weighted by molar-refractivity contribution is -0.383. The lowest BCUT2D eigenvalue weighted by Crippen LogP contribution is -2.05. The maximum atomic E-state index is 11.5. The van der Waals surface area contributed by atoms with Gasteiger partial charge in [-0.25, -0.2) is 4.98 Å². The maximum absolute atomic E-state index is 11.5. The van der Waals surface area contributed by atoms with Crippen LogP contribution in [0.15, 0.2) is 30.5 Å². The molecule has 2 aromatic rings. The minimum absolute atomic E-state index is 0.0222. The van der Waals surface area contributed by atoms with E-state index in [1.807, 2.05) is 0 Å². The number of nitrogens with zero attached hydrogens (tertiary/aromatic N) is 2. The van der Waals surface area contributed by atoms with Gasteiger partial charge in [0, 0.05) is 23.6 Å². The molecule has 5 nitrogen and oxygen atoms in total. The molecule has 1 atom stereocenters. The summed E-state index contributed by atoms with van der Waals surface area (Å²) in [4.78, 5) is 26.0. The van der Waals surface area contributed by atoms with Gasteiger partial charge in [0.05, 0.1) is 4.92 Å². The molecule has 5 heteroatoms. The zero-order valence-electron chi connectivity index (χ0n) is 10.1. The lowest BCUT2D eigenvalue weighted by Gasteiger charge is -2.11. The number of hydrogen-bond donors (Lipinski definition) is 0. The van der Waals surface area contributed by atoms with Crippen molar-refractivity contribution in [2.24, 2.45) is 0 Å². The second-order valence-corrected chi connectivity index (χ2v) is 4.16. The zero-order valence-corrected chi connectivity index (χ0v) is 10.1. The fraction of sp³-hybridized carbons (Fsp3) is 0.231. The molecule has 1 aromatic carbocycles. The number of nitro groups is 1. The molecule has 0 aliphatic carbocycles. The highest BCUT2D eigenvalue weighted by Crippen LogP contribution is 2.30. The molecule has 0 aliphatic rings. The second-order valence-electron chi connectivity index (χ2n) is 4.16. The summed E-state index contributed by atoms with van der Waals surface area (Å²) in [6, 6.07) is 6.50. The number of rotatable bonds is 3. The summed E-state index contributed by atoms with van der Waals surface area (Å²) in [5.74, 6) is -0.272. The number of Topliss-reactive ketones (excluding diaryl/α,β-unsaturated/α-hetero) is 1. The van der Waals surface area contributed by atoms with Crippen LogP contribution >= 0.6 is 0 Å². The third-order valence-electron chi connectivity index (χ3n) is 3.06. The number of hydrogen-bond acceptors (Lipinski definition) is 4. The van der Waals surface area contributed by atoms with E-state index >= 15 is 0 Å². The Labute approximate surface area is 104 Å². The third kappa shape index (κ3) is 1.95. The summed E-state index contributed by atoms with van der Waals surface area (Å²) in [6.07, 6.45) is 1.51. The van der Waals surface area contributed by atoms with Gasteiger partial charge < -0.3 is 0 Å². The van der Waals surface area contributed by atoms with Gasteiger partial charge in [-0.3, -0.25) is 14.9 Å². The Kier molecular flexibility index (Phi) is 3.06. The van der Waals surface area contributed by atoms with E-state index in [2.05, 4.69) is 4.98 Å². The minimum atomic E-state index is -0.461. The van der Waals surface area contributed by atoms with Crippen LogP contribution in [0.25, 0.3) is 10.9 Å². The van der Waals surface area contributed by atoms with Gasteiger partial charge in [0.25, 0.3) is 5.69 Å². The number of non-ortho nitro benzene ring substituents is 1. The molecular weight excluding hydrogens is 232 g/mol. The van der Waals surface area contributed by atoms with Crippen molar-refractivity contribution in [2.45, 2.75) is 19.8 Å². The second kappa shape index (κ2) is 4.52. The number of benzene rings is 1. The quantitative estimate of drug-likeness (QED) is 0.614. The van der Waals surface area contributed by atoms with Crippen molar-refractivity contribution in [1.82, 2.24) is 4.98 Å². The average molecular weight is 244 g/mol. The zero-order chi connectivity index (χ0) is 13.3. The van der Waals surface area contributed by atoms with Crippen molar-refractivity contribution in [2.75, 3.05) is 0 Å². The van der Waals surface area contributed by atoms with Crippen LogP contribution in [0.3, 0.4) is 0 Å². The number of nitro benzene ring substituents is 1. The van der Waals surface area contributed by atoms with E-state index in [9.17, 15) is 14.9 Å². The highest BCUT2D eigenvalue weighted by molar-refractivity contribution is 5.94. The number of carbonyl (C=O) groups excluding carboxylic acids is 1. The molecule has 92 valence electrons. The number of aromatic nitrogens is 1. The van der Waals surface area contributed by atoms with E-state index in [0.29, 0.717) is 10.9 Å². The van der Waals surface area contributed by atoms with Gasteiger partial charge in [-0.2, -0.15) is 0 Å². The minimum Gasteiger partial charge on any atom is -0.299 e. The Bertz CT molecular complexity index is 637. The predicted molar refractivity (Wildman–Crippen MR) is 67.5 cm³/mol. The Morgan fingerprint density at radius 2 is 2.11 bits per heavy atom. The van der Waals surface area contributed by atoms with Crippen molar-refractivity contribution in [3.05, 3.63) is 46.1 Å². The maximum Gasteiger partial charge on any atom is 0.295 e. The lowest BCUT2D eigenvalue weighted by atomic mass is 9.93. The first-order valence-electron chi connectivity index (χ1n) is 5.55. The largest absolute Gasteiger partial charge is 0.299 e. The Morgan fingerprint density at radius 3 is 2.72 bits per heavy atom. The van der Waals surface area contributed by atoms with E-state index in [1.54, 1.807) is 25.1 Å². The normalized spacial score (nSPS) is 12.3. The predicted octanol–water partition coefficient (Wildman–Crippen LogP) is 2.84. The fourth-order valence-electron chi connectivity index (χ4n) is 1.92. The van der Waals surface area contributed by atoms with Crippen LogP contribution in [0.2, 0.25) is 0 Å². The Morgan fingerprint density at radius 1 is 1.39 bits per heavy atom. The molecule has 0 fully saturated rings. The van der Waals surface area contributed by atoms with E-state index in [4.69, 9.17) is 0 Å².